The number of aromatic nitrogens is 2. The number of imide groups is 1. The molecule has 18 heavy (non-hydrogen) atoms. The fraction of sp³-hybridized carbons (Fsp3) is 0.600. The van der Waals surface area contributed by atoms with Crippen LogP contribution in [0.1, 0.15) is 18.4 Å². The normalized spacial score (nSPS) is 16.2. The summed E-state index contributed by atoms with van der Waals surface area (Å²) in [5.41, 5.74) is 0. The second kappa shape index (κ2) is 5.87. The Kier molecular flexibility index (Phi) is 4.21. The molecule has 2 rings (SSSR count). The van der Waals surface area contributed by atoms with Crippen LogP contribution in [0.3, 0.4) is 0 Å². The molecule has 8 heteroatoms. The first-order chi connectivity index (χ1) is 8.70. The van der Waals surface area contributed by atoms with Gasteiger partial charge in [0, 0.05) is 6.54 Å². The molecule has 1 aromatic heterocycles. The van der Waals surface area contributed by atoms with Gasteiger partial charge in [0.05, 0.1) is 6.54 Å². The number of carbonyl (C=O) groups excluding carboxylic acids is 2. The van der Waals surface area contributed by atoms with Gasteiger partial charge in [0.1, 0.15) is 18.2 Å². The highest BCUT2D eigenvalue weighted by atomic mass is 32.1. The van der Waals surface area contributed by atoms with Crippen molar-refractivity contribution in [2.45, 2.75) is 19.9 Å². The molecule has 1 saturated heterocycles. The zero-order valence-electron chi connectivity index (χ0n) is 10.0. The molecule has 0 saturated carbocycles. The van der Waals surface area contributed by atoms with Crippen LogP contribution in [0, 0.1) is 0 Å². The van der Waals surface area contributed by atoms with Crippen molar-refractivity contribution in [1.82, 2.24) is 15.1 Å². The van der Waals surface area contributed by atoms with Gasteiger partial charge in [-0.3, -0.25) is 14.5 Å². The maximum atomic E-state index is 11.5. The van der Waals surface area contributed by atoms with E-state index in [-0.39, 0.29) is 31.6 Å². The van der Waals surface area contributed by atoms with E-state index >= 15 is 0 Å². The summed E-state index contributed by atoms with van der Waals surface area (Å²) in [5, 5.41) is 12.3. The molecule has 1 N–H and O–H groups in total. The number of nitrogens with zero attached hydrogens (tertiary/aromatic N) is 3. The summed E-state index contributed by atoms with van der Waals surface area (Å²) in [6.07, 6.45) is 0.995. The molecule has 1 aromatic rings. The first kappa shape index (κ1) is 12.9. The van der Waals surface area contributed by atoms with Crippen LogP contribution in [-0.4, -0.2) is 46.7 Å². The number of ether oxygens (including phenoxy) is 1. The fourth-order valence-electron chi connectivity index (χ4n) is 1.45. The Balaban J connectivity index is 1.97. The molecule has 0 bridgehead atoms. The summed E-state index contributed by atoms with van der Waals surface area (Å²) in [7, 11) is 0. The number of hydrogen-bond acceptors (Lipinski definition) is 7. The van der Waals surface area contributed by atoms with Crippen LogP contribution in [0.4, 0.5) is 5.13 Å². The monoisotopic (exact) mass is 270 g/mol. The van der Waals surface area contributed by atoms with Crippen LogP contribution in [0.15, 0.2) is 0 Å². The average Bonchev–Trinajstić information content (AvgIpc) is 2.79. The van der Waals surface area contributed by atoms with Gasteiger partial charge in [0.25, 0.3) is 11.8 Å². The van der Waals surface area contributed by atoms with Gasteiger partial charge in [0.2, 0.25) is 5.13 Å². The topological polar surface area (TPSA) is 84.4 Å². The molecular formula is C10H14N4O3S. The number of anilines is 1. The van der Waals surface area contributed by atoms with Gasteiger partial charge in [0.15, 0.2) is 0 Å². The van der Waals surface area contributed by atoms with Gasteiger partial charge < -0.3 is 10.1 Å². The first-order valence-corrected chi connectivity index (χ1v) is 6.49. The van der Waals surface area contributed by atoms with Crippen molar-refractivity contribution < 1.29 is 14.3 Å². The Morgan fingerprint density at radius 1 is 1.33 bits per heavy atom. The summed E-state index contributed by atoms with van der Waals surface area (Å²) in [4.78, 5) is 24.2. The van der Waals surface area contributed by atoms with Gasteiger partial charge in [-0.25, -0.2) is 0 Å². The lowest BCUT2D eigenvalue weighted by Crippen LogP contribution is -2.45. The summed E-state index contributed by atoms with van der Waals surface area (Å²) in [5.74, 6) is -0.658. The first-order valence-electron chi connectivity index (χ1n) is 5.68. The lowest BCUT2D eigenvalue weighted by Gasteiger charge is -2.23. The predicted octanol–water partition coefficient (Wildman–Crippen LogP) is 0.245. The third-order valence-corrected chi connectivity index (χ3v) is 3.21. The van der Waals surface area contributed by atoms with Crippen molar-refractivity contribution in [3.63, 3.8) is 0 Å². The molecule has 0 aromatic carbocycles. The SMILES string of the molecule is CCCNc1nnc(CN2C(=O)COCC2=O)s1. The number of rotatable bonds is 5. The molecule has 98 valence electrons. The molecule has 0 unspecified atom stereocenters. The molecule has 0 spiro atoms. The summed E-state index contributed by atoms with van der Waals surface area (Å²) in [6, 6.07) is 0. The Labute approximate surface area is 108 Å². The van der Waals surface area contributed by atoms with Crippen LogP contribution >= 0.6 is 11.3 Å². The molecule has 7 nitrogen and oxygen atoms in total. The van der Waals surface area contributed by atoms with Gasteiger partial charge in [-0.05, 0) is 6.42 Å². The number of nitrogens with one attached hydrogen (secondary N) is 1. The third kappa shape index (κ3) is 3.02. The summed E-state index contributed by atoms with van der Waals surface area (Å²) >= 11 is 1.35. The van der Waals surface area contributed by atoms with E-state index < -0.39 is 0 Å². The van der Waals surface area contributed by atoms with Gasteiger partial charge in [-0.2, -0.15) is 0 Å². The third-order valence-electron chi connectivity index (χ3n) is 2.34. The molecule has 0 radical (unpaired) electrons. The number of amides is 2. The van der Waals surface area contributed by atoms with Crippen molar-refractivity contribution in [3.8, 4) is 0 Å². The minimum Gasteiger partial charge on any atom is -0.362 e. The quantitative estimate of drug-likeness (QED) is 0.772. The van der Waals surface area contributed by atoms with Crippen LogP contribution in [0.5, 0.6) is 0 Å². The Morgan fingerprint density at radius 2 is 2.06 bits per heavy atom. The van der Waals surface area contributed by atoms with Crippen molar-refractivity contribution in [1.29, 1.82) is 0 Å². The average molecular weight is 270 g/mol. The summed E-state index contributed by atoms with van der Waals surface area (Å²) < 4.78 is 4.83. The molecule has 0 atom stereocenters. The molecule has 1 fully saturated rings. The van der Waals surface area contributed by atoms with E-state index in [1.54, 1.807) is 0 Å². The highest BCUT2D eigenvalue weighted by Crippen LogP contribution is 2.17. The standard InChI is InChI=1S/C10H14N4O3S/c1-2-3-11-10-13-12-7(18-10)4-14-8(15)5-17-6-9(14)16/h2-6H2,1H3,(H,11,13). The lowest BCUT2D eigenvalue weighted by molar-refractivity contribution is -0.159. The zero-order chi connectivity index (χ0) is 13.0. The molecule has 2 heterocycles. The van der Waals surface area contributed by atoms with Crippen LogP contribution in [0.2, 0.25) is 0 Å². The van der Waals surface area contributed by atoms with E-state index in [2.05, 4.69) is 22.4 Å². The van der Waals surface area contributed by atoms with E-state index in [1.165, 1.54) is 11.3 Å². The maximum Gasteiger partial charge on any atom is 0.255 e. The van der Waals surface area contributed by atoms with E-state index in [9.17, 15) is 9.59 Å². The molecule has 1 aliphatic rings. The second-order valence-electron chi connectivity index (χ2n) is 3.79. The van der Waals surface area contributed by atoms with Crippen LogP contribution in [-0.2, 0) is 20.9 Å². The molecule has 0 aliphatic carbocycles. The minimum atomic E-state index is -0.329. The summed E-state index contributed by atoms with van der Waals surface area (Å²) in [6.45, 7) is 2.95. The van der Waals surface area contributed by atoms with E-state index in [0.717, 1.165) is 17.9 Å². The minimum absolute atomic E-state index is 0.0501. The van der Waals surface area contributed by atoms with Crippen LogP contribution < -0.4 is 5.32 Å². The van der Waals surface area contributed by atoms with Crippen molar-refractivity contribution in [3.05, 3.63) is 5.01 Å². The maximum absolute atomic E-state index is 11.5. The second-order valence-corrected chi connectivity index (χ2v) is 4.86. The zero-order valence-corrected chi connectivity index (χ0v) is 10.8. The Hall–Kier alpha value is -1.54. The number of morpholine rings is 1. The highest BCUT2D eigenvalue weighted by molar-refractivity contribution is 7.15. The van der Waals surface area contributed by atoms with Crippen molar-refractivity contribution in [2.75, 3.05) is 25.1 Å². The largest absolute Gasteiger partial charge is 0.362 e. The van der Waals surface area contributed by atoms with Crippen LogP contribution in [0.25, 0.3) is 0 Å². The number of carbonyl (C=O) groups is 2. The predicted molar refractivity (Wildman–Crippen MR) is 65.1 cm³/mol. The Morgan fingerprint density at radius 3 is 2.72 bits per heavy atom. The highest BCUT2D eigenvalue weighted by Gasteiger charge is 2.27. The van der Waals surface area contributed by atoms with Crippen molar-refractivity contribution >= 4 is 28.3 Å². The van der Waals surface area contributed by atoms with Crippen molar-refractivity contribution in [2.24, 2.45) is 0 Å². The fourth-order valence-corrected chi connectivity index (χ4v) is 2.21. The molecule has 2 amide bonds. The molecular weight excluding hydrogens is 256 g/mol. The smallest absolute Gasteiger partial charge is 0.255 e. The molecule has 1 aliphatic heterocycles. The van der Waals surface area contributed by atoms with Gasteiger partial charge >= 0.3 is 0 Å². The Bertz CT molecular complexity index is 432. The van der Waals surface area contributed by atoms with Gasteiger partial charge in [-0.1, -0.05) is 18.3 Å². The van der Waals surface area contributed by atoms with E-state index in [1.807, 2.05) is 0 Å². The van der Waals surface area contributed by atoms with E-state index in [4.69, 9.17) is 4.74 Å². The van der Waals surface area contributed by atoms with Gasteiger partial charge in [-0.15, -0.1) is 10.2 Å². The number of hydrogen-bond donors (Lipinski definition) is 1. The lowest BCUT2D eigenvalue weighted by atomic mass is 10.4. The van der Waals surface area contributed by atoms with E-state index in [0.29, 0.717) is 10.1 Å².